The number of likely N-dealkylation sites (N-methyl/N-ethyl adjacent to an activating group) is 1. The number of hydrogen-bond acceptors (Lipinski definition) is 3. The third kappa shape index (κ3) is 2.91. The Hall–Kier alpha value is -0.910. The van der Waals surface area contributed by atoms with Crippen LogP contribution >= 0.6 is 15.9 Å². The maximum Gasteiger partial charge on any atom is 0.255 e. The molecule has 1 aromatic carbocycles. The molecular weight excluding hydrogens is 296 g/mol. The molecule has 0 radical (unpaired) electrons. The summed E-state index contributed by atoms with van der Waals surface area (Å²) in [6.45, 7) is 2.59. The standard InChI is InChI=1S/C13H17BrN2O2/c1-15-8-10-9-18-7-6-16(10)13(17)11-4-2-3-5-12(11)14/h2-5,10,15H,6-9H2,1H3. The number of ether oxygens (including phenoxy) is 1. The number of amides is 1. The fraction of sp³-hybridized carbons (Fsp3) is 0.462. The first-order valence-corrected chi connectivity index (χ1v) is 6.81. The van der Waals surface area contributed by atoms with E-state index < -0.39 is 0 Å². The molecule has 0 aliphatic carbocycles. The molecule has 0 spiro atoms. The van der Waals surface area contributed by atoms with Gasteiger partial charge in [-0.3, -0.25) is 4.79 Å². The van der Waals surface area contributed by atoms with Crippen LogP contribution in [0.4, 0.5) is 0 Å². The van der Waals surface area contributed by atoms with Crippen molar-refractivity contribution in [3.63, 3.8) is 0 Å². The Kier molecular flexibility index (Phi) is 4.74. The van der Waals surface area contributed by atoms with Crippen molar-refractivity contribution < 1.29 is 9.53 Å². The highest BCUT2D eigenvalue weighted by molar-refractivity contribution is 9.10. The molecule has 98 valence electrons. The van der Waals surface area contributed by atoms with Gasteiger partial charge in [-0.1, -0.05) is 12.1 Å². The van der Waals surface area contributed by atoms with Gasteiger partial charge in [0, 0.05) is 17.6 Å². The quantitative estimate of drug-likeness (QED) is 0.920. The van der Waals surface area contributed by atoms with E-state index in [2.05, 4.69) is 21.2 Å². The van der Waals surface area contributed by atoms with E-state index >= 15 is 0 Å². The van der Waals surface area contributed by atoms with Gasteiger partial charge in [0.15, 0.2) is 0 Å². The second-order valence-corrected chi connectivity index (χ2v) is 5.12. The lowest BCUT2D eigenvalue weighted by molar-refractivity contribution is -0.00102. The van der Waals surface area contributed by atoms with Gasteiger partial charge in [0.1, 0.15) is 0 Å². The van der Waals surface area contributed by atoms with Crippen molar-refractivity contribution in [2.45, 2.75) is 6.04 Å². The second-order valence-electron chi connectivity index (χ2n) is 4.26. The monoisotopic (exact) mass is 312 g/mol. The first-order chi connectivity index (χ1) is 8.74. The minimum Gasteiger partial charge on any atom is -0.377 e. The molecule has 1 atom stereocenters. The summed E-state index contributed by atoms with van der Waals surface area (Å²) in [6, 6.07) is 7.62. The van der Waals surface area contributed by atoms with E-state index in [1.165, 1.54) is 0 Å². The number of nitrogens with zero attached hydrogens (tertiary/aromatic N) is 1. The molecule has 1 N–H and O–H groups in total. The Morgan fingerprint density at radius 1 is 1.56 bits per heavy atom. The molecule has 1 aliphatic heterocycles. The molecule has 1 heterocycles. The summed E-state index contributed by atoms with van der Waals surface area (Å²) >= 11 is 3.43. The molecule has 1 amide bonds. The Bertz CT molecular complexity index is 423. The van der Waals surface area contributed by atoms with Crippen LogP contribution in [-0.2, 0) is 4.74 Å². The number of morpholine rings is 1. The van der Waals surface area contributed by atoms with Crippen molar-refractivity contribution in [2.24, 2.45) is 0 Å². The molecule has 5 heteroatoms. The molecule has 1 saturated heterocycles. The van der Waals surface area contributed by atoms with Gasteiger partial charge in [0.25, 0.3) is 5.91 Å². The van der Waals surface area contributed by atoms with Crippen LogP contribution in [-0.4, -0.2) is 50.2 Å². The molecule has 1 aliphatic rings. The van der Waals surface area contributed by atoms with E-state index in [1.54, 1.807) is 0 Å². The summed E-state index contributed by atoms with van der Waals surface area (Å²) in [5.41, 5.74) is 0.709. The number of benzene rings is 1. The van der Waals surface area contributed by atoms with Crippen molar-refractivity contribution in [3.8, 4) is 0 Å². The van der Waals surface area contributed by atoms with Crippen LogP contribution in [0.15, 0.2) is 28.7 Å². The van der Waals surface area contributed by atoms with Gasteiger partial charge < -0.3 is 15.0 Å². The summed E-state index contributed by atoms with van der Waals surface area (Å²) < 4.78 is 6.27. The van der Waals surface area contributed by atoms with Crippen molar-refractivity contribution in [1.82, 2.24) is 10.2 Å². The van der Waals surface area contributed by atoms with Gasteiger partial charge in [-0.2, -0.15) is 0 Å². The number of rotatable bonds is 3. The predicted molar refractivity (Wildman–Crippen MR) is 73.7 cm³/mol. The van der Waals surface area contributed by atoms with Crippen LogP contribution < -0.4 is 5.32 Å². The summed E-state index contributed by atoms with van der Waals surface area (Å²) in [5.74, 6) is 0.0611. The molecule has 1 fully saturated rings. The summed E-state index contributed by atoms with van der Waals surface area (Å²) in [6.07, 6.45) is 0. The van der Waals surface area contributed by atoms with Crippen LogP contribution in [0.25, 0.3) is 0 Å². The van der Waals surface area contributed by atoms with E-state index in [4.69, 9.17) is 4.74 Å². The molecule has 18 heavy (non-hydrogen) atoms. The van der Waals surface area contributed by atoms with E-state index in [0.29, 0.717) is 25.3 Å². The van der Waals surface area contributed by atoms with Gasteiger partial charge in [0.05, 0.1) is 24.8 Å². The molecule has 4 nitrogen and oxygen atoms in total. The molecule has 1 unspecified atom stereocenters. The Balaban J connectivity index is 2.18. The van der Waals surface area contributed by atoms with Crippen molar-refractivity contribution in [1.29, 1.82) is 0 Å². The van der Waals surface area contributed by atoms with Crippen LogP contribution in [0.1, 0.15) is 10.4 Å². The van der Waals surface area contributed by atoms with E-state index in [-0.39, 0.29) is 11.9 Å². The third-order valence-corrected chi connectivity index (χ3v) is 3.72. The Morgan fingerprint density at radius 2 is 2.33 bits per heavy atom. The highest BCUT2D eigenvalue weighted by atomic mass is 79.9. The summed E-state index contributed by atoms with van der Waals surface area (Å²) in [5, 5.41) is 3.10. The van der Waals surface area contributed by atoms with Gasteiger partial charge in [0.2, 0.25) is 0 Å². The molecule has 2 rings (SSSR count). The number of carbonyl (C=O) groups is 1. The highest BCUT2D eigenvalue weighted by Gasteiger charge is 2.28. The molecular formula is C13H17BrN2O2. The Morgan fingerprint density at radius 3 is 3.06 bits per heavy atom. The number of hydrogen-bond donors (Lipinski definition) is 1. The number of nitrogens with one attached hydrogen (secondary N) is 1. The fourth-order valence-corrected chi connectivity index (χ4v) is 2.57. The lowest BCUT2D eigenvalue weighted by Crippen LogP contribution is -2.52. The molecule has 1 aromatic rings. The van der Waals surface area contributed by atoms with E-state index in [0.717, 1.165) is 11.0 Å². The highest BCUT2D eigenvalue weighted by Crippen LogP contribution is 2.20. The Labute approximate surface area is 115 Å². The second kappa shape index (κ2) is 6.31. The van der Waals surface area contributed by atoms with Crippen molar-refractivity contribution in [3.05, 3.63) is 34.3 Å². The third-order valence-electron chi connectivity index (χ3n) is 3.03. The zero-order valence-corrected chi connectivity index (χ0v) is 11.9. The van der Waals surface area contributed by atoms with Crippen LogP contribution in [0, 0.1) is 0 Å². The van der Waals surface area contributed by atoms with Crippen LogP contribution in [0.5, 0.6) is 0 Å². The first kappa shape index (κ1) is 13.5. The zero-order chi connectivity index (χ0) is 13.0. The summed E-state index contributed by atoms with van der Waals surface area (Å²) in [7, 11) is 1.88. The minimum absolute atomic E-state index is 0.0611. The maximum atomic E-state index is 12.5. The topological polar surface area (TPSA) is 41.6 Å². The SMILES string of the molecule is CNCC1COCCN1C(=O)c1ccccc1Br. The first-order valence-electron chi connectivity index (χ1n) is 6.02. The van der Waals surface area contributed by atoms with E-state index in [1.807, 2.05) is 36.2 Å². The minimum atomic E-state index is 0.0611. The largest absolute Gasteiger partial charge is 0.377 e. The smallest absolute Gasteiger partial charge is 0.255 e. The number of halogens is 1. The lowest BCUT2D eigenvalue weighted by Gasteiger charge is -2.35. The van der Waals surface area contributed by atoms with Gasteiger partial charge in [-0.25, -0.2) is 0 Å². The summed E-state index contributed by atoms with van der Waals surface area (Å²) in [4.78, 5) is 14.4. The van der Waals surface area contributed by atoms with Gasteiger partial charge >= 0.3 is 0 Å². The zero-order valence-electron chi connectivity index (χ0n) is 10.4. The number of carbonyl (C=O) groups excluding carboxylic acids is 1. The van der Waals surface area contributed by atoms with E-state index in [9.17, 15) is 4.79 Å². The van der Waals surface area contributed by atoms with Gasteiger partial charge in [-0.05, 0) is 35.1 Å². The maximum absolute atomic E-state index is 12.5. The van der Waals surface area contributed by atoms with Crippen molar-refractivity contribution >= 4 is 21.8 Å². The molecule has 0 saturated carbocycles. The molecule has 0 aromatic heterocycles. The van der Waals surface area contributed by atoms with Crippen LogP contribution in [0.3, 0.4) is 0 Å². The normalized spacial score (nSPS) is 19.9. The van der Waals surface area contributed by atoms with Gasteiger partial charge in [-0.15, -0.1) is 0 Å². The van der Waals surface area contributed by atoms with Crippen molar-refractivity contribution in [2.75, 3.05) is 33.4 Å². The fourth-order valence-electron chi connectivity index (χ4n) is 2.12. The lowest BCUT2D eigenvalue weighted by atomic mass is 10.1. The average Bonchev–Trinajstić information content (AvgIpc) is 2.40. The predicted octanol–water partition coefficient (Wildman–Crippen LogP) is 1.51. The molecule has 0 bridgehead atoms. The average molecular weight is 313 g/mol. The van der Waals surface area contributed by atoms with Crippen LogP contribution in [0.2, 0.25) is 0 Å².